The predicted molar refractivity (Wildman–Crippen MR) is 94.7 cm³/mol. The third-order valence-corrected chi connectivity index (χ3v) is 6.29. The molecule has 2 unspecified atom stereocenters. The van der Waals surface area contributed by atoms with E-state index in [1.54, 1.807) is 0 Å². The fraction of sp³-hybridized carbons (Fsp3) is 0.952. The Hall–Kier alpha value is -0.330. The quantitative estimate of drug-likeness (QED) is 0.571. The highest BCUT2D eigenvalue weighted by molar-refractivity contribution is 5.50. The van der Waals surface area contributed by atoms with E-state index in [0.717, 1.165) is 24.2 Å². The van der Waals surface area contributed by atoms with E-state index in [9.17, 15) is 4.79 Å². The molecule has 0 bridgehead atoms. The van der Waals surface area contributed by atoms with Crippen molar-refractivity contribution in [2.24, 2.45) is 17.8 Å². The van der Waals surface area contributed by atoms with E-state index in [-0.39, 0.29) is 0 Å². The highest BCUT2D eigenvalue weighted by Crippen LogP contribution is 2.38. The van der Waals surface area contributed by atoms with E-state index in [1.165, 1.54) is 96.3 Å². The van der Waals surface area contributed by atoms with Gasteiger partial charge in [0.05, 0.1) is 0 Å². The normalized spacial score (nSPS) is 30.2. The molecule has 2 fully saturated rings. The van der Waals surface area contributed by atoms with E-state index in [1.807, 2.05) is 0 Å². The van der Waals surface area contributed by atoms with Crippen molar-refractivity contribution in [1.29, 1.82) is 0 Å². The minimum absolute atomic E-state index is 0.669. The zero-order valence-corrected chi connectivity index (χ0v) is 14.7. The molecule has 2 saturated carbocycles. The lowest BCUT2D eigenvalue weighted by atomic mass is 9.76. The fourth-order valence-electron chi connectivity index (χ4n) is 4.95. The third kappa shape index (κ3) is 6.84. The molecule has 0 aromatic rings. The van der Waals surface area contributed by atoms with Crippen LogP contribution < -0.4 is 0 Å². The lowest BCUT2D eigenvalue weighted by Crippen LogP contribution is -2.19. The van der Waals surface area contributed by atoms with E-state index >= 15 is 0 Å². The number of carbonyl (C=O) groups excluding carboxylic acids is 1. The summed E-state index contributed by atoms with van der Waals surface area (Å²) in [5.41, 5.74) is 0. The zero-order chi connectivity index (χ0) is 15.5. The maximum absolute atomic E-state index is 10.6. The molecule has 0 aromatic heterocycles. The van der Waals surface area contributed by atoms with Crippen molar-refractivity contribution in [2.75, 3.05) is 0 Å². The van der Waals surface area contributed by atoms with Crippen molar-refractivity contribution in [3.05, 3.63) is 0 Å². The molecule has 1 nitrogen and oxygen atoms in total. The van der Waals surface area contributed by atoms with Crippen LogP contribution in [0.1, 0.15) is 109 Å². The van der Waals surface area contributed by atoms with Crippen LogP contribution in [0.2, 0.25) is 0 Å². The van der Waals surface area contributed by atoms with Gasteiger partial charge in [0, 0.05) is 6.42 Å². The number of hydrogen-bond donors (Lipinski definition) is 0. The molecule has 22 heavy (non-hydrogen) atoms. The van der Waals surface area contributed by atoms with Gasteiger partial charge in [-0.1, -0.05) is 89.9 Å². The molecule has 2 rings (SSSR count). The highest BCUT2D eigenvalue weighted by atomic mass is 16.1. The summed E-state index contributed by atoms with van der Waals surface area (Å²) in [4.78, 5) is 10.6. The summed E-state index contributed by atoms with van der Waals surface area (Å²) < 4.78 is 0. The Morgan fingerprint density at radius 1 is 0.636 bits per heavy atom. The Morgan fingerprint density at radius 3 is 1.73 bits per heavy atom. The van der Waals surface area contributed by atoms with Crippen LogP contribution in [0, 0.1) is 17.8 Å². The molecule has 0 spiro atoms. The Balaban J connectivity index is 1.93. The molecule has 2 aliphatic carbocycles. The summed E-state index contributed by atoms with van der Waals surface area (Å²) >= 11 is 0. The van der Waals surface area contributed by atoms with Gasteiger partial charge in [-0.15, -0.1) is 0 Å². The SMILES string of the molecule is O=[C]CCC1CCCCCCC(C2CCCCCCCC2)C1. The van der Waals surface area contributed by atoms with E-state index in [2.05, 4.69) is 6.29 Å². The van der Waals surface area contributed by atoms with Crippen molar-refractivity contribution < 1.29 is 4.79 Å². The first-order valence-electron chi connectivity index (χ1n) is 10.2. The first-order valence-corrected chi connectivity index (χ1v) is 10.2. The minimum Gasteiger partial charge on any atom is -0.291 e. The van der Waals surface area contributed by atoms with Gasteiger partial charge < -0.3 is 0 Å². The monoisotopic (exact) mass is 305 g/mol. The van der Waals surface area contributed by atoms with Crippen LogP contribution in [-0.4, -0.2) is 6.29 Å². The summed E-state index contributed by atoms with van der Waals surface area (Å²) in [7, 11) is 0. The average molecular weight is 306 g/mol. The summed E-state index contributed by atoms with van der Waals surface area (Å²) in [5.74, 6) is 2.74. The molecular weight excluding hydrogens is 268 g/mol. The van der Waals surface area contributed by atoms with E-state index in [4.69, 9.17) is 0 Å². The van der Waals surface area contributed by atoms with Crippen molar-refractivity contribution in [1.82, 2.24) is 0 Å². The van der Waals surface area contributed by atoms with Crippen molar-refractivity contribution >= 4 is 6.29 Å². The van der Waals surface area contributed by atoms with Crippen molar-refractivity contribution in [3.8, 4) is 0 Å². The standard InChI is InChI=1S/C21H37O/c22-17-11-13-19-12-7-5-6-10-16-21(18-19)20-14-8-3-1-2-4-9-15-20/h19-21H,1-16,18H2. The average Bonchev–Trinajstić information content (AvgIpc) is 2.74. The minimum atomic E-state index is 0.669. The lowest BCUT2D eigenvalue weighted by Gasteiger charge is -2.30. The van der Waals surface area contributed by atoms with Gasteiger partial charge in [-0.3, -0.25) is 4.79 Å². The van der Waals surface area contributed by atoms with Gasteiger partial charge >= 0.3 is 0 Å². The molecule has 1 radical (unpaired) electrons. The van der Waals surface area contributed by atoms with E-state index < -0.39 is 0 Å². The molecular formula is C21H37O. The first-order chi connectivity index (χ1) is 10.9. The molecule has 0 heterocycles. The van der Waals surface area contributed by atoms with Crippen LogP contribution in [0.25, 0.3) is 0 Å². The maximum atomic E-state index is 10.6. The Kier molecular flexibility index (Phi) is 9.21. The van der Waals surface area contributed by atoms with Gasteiger partial charge in [0.2, 0.25) is 0 Å². The first kappa shape index (κ1) is 18.0. The summed E-state index contributed by atoms with van der Waals surface area (Å²) in [5, 5.41) is 0. The summed E-state index contributed by atoms with van der Waals surface area (Å²) in [6.45, 7) is 0. The largest absolute Gasteiger partial charge is 0.291 e. The second-order valence-corrected chi connectivity index (χ2v) is 8.00. The van der Waals surface area contributed by atoms with Gasteiger partial charge in [-0.05, 0) is 30.6 Å². The van der Waals surface area contributed by atoms with Crippen LogP contribution >= 0.6 is 0 Å². The molecule has 0 saturated heterocycles. The van der Waals surface area contributed by atoms with Crippen molar-refractivity contribution in [3.63, 3.8) is 0 Å². The van der Waals surface area contributed by atoms with Gasteiger partial charge in [-0.25, -0.2) is 0 Å². The molecule has 0 aliphatic heterocycles. The van der Waals surface area contributed by atoms with Crippen LogP contribution in [0.5, 0.6) is 0 Å². The summed E-state index contributed by atoms with van der Waals surface area (Å²) in [6, 6.07) is 0. The second kappa shape index (κ2) is 11.2. The van der Waals surface area contributed by atoms with E-state index in [0.29, 0.717) is 6.42 Å². The molecule has 0 aromatic carbocycles. The molecule has 0 N–H and O–H groups in total. The lowest BCUT2D eigenvalue weighted by molar-refractivity contribution is 0.213. The Bertz CT molecular complexity index is 276. The summed E-state index contributed by atoms with van der Waals surface area (Å²) in [6.07, 6.45) is 25.6. The van der Waals surface area contributed by atoms with Crippen LogP contribution in [0.3, 0.4) is 0 Å². The van der Waals surface area contributed by atoms with Crippen LogP contribution in [0.15, 0.2) is 0 Å². The molecule has 2 aliphatic rings. The van der Waals surface area contributed by atoms with Crippen LogP contribution in [-0.2, 0) is 4.79 Å². The highest BCUT2D eigenvalue weighted by Gasteiger charge is 2.25. The van der Waals surface area contributed by atoms with Gasteiger partial charge in [0.25, 0.3) is 0 Å². The second-order valence-electron chi connectivity index (χ2n) is 8.00. The Morgan fingerprint density at radius 2 is 1.14 bits per heavy atom. The van der Waals surface area contributed by atoms with Gasteiger partial charge in [0.15, 0.2) is 6.29 Å². The molecule has 127 valence electrons. The smallest absolute Gasteiger partial charge is 0.198 e. The third-order valence-electron chi connectivity index (χ3n) is 6.29. The molecule has 0 amide bonds. The van der Waals surface area contributed by atoms with Crippen LogP contribution in [0.4, 0.5) is 0 Å². The van der Waals surface area contributed by atoms with Gasteiger partial charge in [0.1, 0.15) is 0 Å². The molecule has 2 atom stereocenters. The number of rotatable bonds is 4. The zero-order valence-electron chi connectivity index (χ0n) is 14.7. The van der Waals surface area contributed by atoms with Crippen molar-refractivity contribution in [2.45, 2.75) is 109 Å². The van der Waals surface area contributed by atoms with Gasteiger partial charge in [-0.2, -0.15) is 0 Å². The molecule has 1 heteroatoms. The predicted octanol–water partition coefficient (Wildman–Crippen LogP) is 6.60. The maximum Gasteiger partial charge on any atom is 0.198 e. The number of hydrogen-bond acceptors (Lipinski definition) is 1. The fourth-order valence-corrected chi connectivity index (χ4v) is 4.95. The Labute approximate surface area is 138 Å². The topological polar surface area (TPSA) is 17.1 Å².